The number of amides is 1. The van der Waals surface area contributed by atoms with E-state index in [0.29, 0.717) is 6.07 Å². The number of thioether (sulfide) groups is 1. The van der Waals surface area contributed by atoms with Gasteiger partial charge in [-0.05, 0) is 26.0 Å². The number of halogens is 7. The van der Waals surface area contributed by atoms with Gasteiger partial charge in [-0.1, -0.05) is 18.2 Å². The molecular formula is C28H25ClF6N4O3S. The summed E-state index contributed by atoms with van der Waals surface area (Å²) in [4.78, 5) is 32.9. The van der Waals surface area contributed by atoms with E-state index in [2.05, 4.69) is 11.6 Å². The third-order valence-electron chi connectivity index (χ3n) is 7.60. The Morgan fingerprint density at radius 3 is 2.35 bits per heavy atom. The van der Waals surface area contributed by atoms with Gasteiger partial charge in [0.05, 0.1) is 28.8 Å². The first kappa shape index (κ1) is 31.2. The highest BCUT2D eigenvalue weighted by molar-refractivity contribution is 7.99. The fourth-order valence-corrected chi connectivity index (χ4v) is 7.24. The molecule has 43 heavy (non-hydrogen) atoms. The number of hydrogen-bond donors (Lipinski definition) is 0. The van der Waals surface area contributed by atoms with E-state index in [9.17, 15) is 31.5 Å². The molecule has 230 valence electrons. The zero-order valence-corrected chi connectivity index (χ0v) is 24.6. The molecule has 3 heterocycles. The molecule has 0 unspecified atom stereocenters. The molecule has 0 saturated carbocycles. The number of anilines is 1. The van der Waals surface area contributed by atoms with Crippen LogP contribution >= 0.6 is 23.4 Å². The normalized spacial score (nSPS) is 20.8. The summed E-state index contributed by atoms with van der Waals surface area (Å²) in [6.07, 6.45) is -5.63. The Hall–Kier alpha value is -3.23. The summed E-state index contributed by atoms with van der Waals surface area (Å²) in [5, 5.41) is -0.623. The summed E-state index contributed by atoms with van der Waals surface area (Å²) < 4.78 is 94.0. The van der Waals surface area contributed by atoms with E-state index < -0.39 is 75.1 Å². The van der Waals surface area contributed by atoms with Crippen molar-refractivity contribution in [3.8, 4) is 11.1 Å². The molecule has 0 spiro atoms. The molecule has 2 aliphatic heterocycles. The first-order chi connectivity index (χ1) is 20.1. The van der Waals surface area contributed by atoms with E-state index in [-0.39, 0.29) is 47.0 Å². The molecule has 15 heteroatoms. The minimum atomic E-state index is -5.02. The lowest BCUT2D eigenvalue weighted by Crippen LogP contribution is -2.59. The number of benzene rings is 2. The Morgan fingerprint density at radius 1 is 1.12 bits per heavy atom. The topological polar surface area (TPSA) is 67.7 Å². The lowest BCUT2D eigenvalue weighted by atomic mass is 9.95. The molecule has 1 aromatic heterocycles. The molecule has 1 saturated heterocycles. The van der Waals surface area contributed by atoms with Gasteiger partial charge in [0.1, 0.15) is 17.5 Å². The average molecular weight is 647 g/mol. The molecule has 7 nitrogen and oxygen atoms in total. The number of methoxy groups -OCH3 is 1. The van der Waals surface area contributed by atoms with Crippen LogP contribution in [-0.4, -0.2) is 64.5 Å². The molecule has 2 aromatic carbocycles. The Bertz CT molecular complexity index is 1700. The summed E-state index contributed by atoms with van der Waals surface area (Å²) >= 11 is 6.83. The Labute approximate surface area is 251 Å². The van der Waals surface area contributed by atoms with Crippen LogP contribution in [0.1, 0.15) is 19.4 Å². The molecule has 3 atom stereocenters. The standard InChI is InChI=1S/C28H25ClF6N4O3S/c1-12-8-37(9-13(2)39(12)26(40)14(3)30)25-17-5-18(28(33,34)35)22(16-6-19(29)21(32)7-20(16)31)24-23(17)38(27(41)36-25)10-15(42-4)11-43-24/h5-7,12-13,15H,3,8-11H2,1-2,4H3/t12-,13+,15-/m0/s1. The van der Waals surface area contributed by atoms with Gasteiger partial charge in [-0.2, -0.15) is 18.2 Å². The predicted molar refractivity (Wildman–Crippen MR) is 151 cm³/mol. The van der Waals surface area contributed by atoms with Crippen molar-refractivity contribution in [3.63, 3.8) is 0 Å². The van der Waals surface area contributed by atoms with Crippen LogP contribution in [0.4, 0.5) is 32.2 Å². The monoisotopic (exact) mass is 646 g/mol. The summed E-state index contributed by atoms with van der Waals surface area (Å²) in [5.41, 5.74) is -3.13. The van der Waals surface area contributed by atoms with Gasteiger partial charge in [0.25, 0.3) is 5.91 Å². The third-order valence-corrected chi connectivity index (χ3v) is 9.12. The van der Waals surface area contributed by atoms with Crippen LogP contribution in [0.2, 0.25) is 5.02 Å². The van der Waals surface area contributed by atoms with Crippen molar-refractivity contribution in [2.24, 2.45) is 0 Å². The van der Waals surface area contributed by atoms with Crippen LogP contribution in [0.5, 0.6) is 0 Å². The molecule has 0 bridgehead atoms. The van der Waals surface area contributed by atoms with Crippen LogP contribution in [0.25, 0.3) is 22.0 Å². The quantitative estimate of drug-likeness (QED) is 0.196. The highest BCUT2D eigenvalue weighted by Gasteiger charge is 2.40. The molecule has 0 radical (unpaired) electrons. The number of carbonyl (C=O) groups excluding carboxylic acids is 1. The second-order valence-electron chi connectivity index (χ2n) is 10.5. The number of ether oxygens (including phenoxy) is 1. The van der Waals surface area contributed by atoms with Gasteiger partial charge in [0, 0.05) is 65.5 Å². The predicted octanol–water partition coefficient (Wildman–Crippen LogP) is 6.04. The van der Waals surface area contributed by atoms with Crippen molar-refractivity contribution in [2.75, 3.05) is 30.9 Å². The number of alkyl halides is 3. The second kappa shape index (κ2) is 11.4. The third kappa shape index (κ3) is 5.48. The van der Waals surface area contributed by atoms with Gasteiger partial charge < -0.3 is 14.5 Å². The van der Waals surface area contributed by atoms with Gasteiger partial charge in [-0.25, -0.2) is 18.0 Å². The minimum absolute atomic E-state index is 0.0172. The Kier molecular flexibility index (Phi) is 8.24. The molecule has 3 aromatic rings. The molecular weight excluding hydrogens is 622 g/mol. The Morgan fingerprint density at radius 2 is 1.77 bits per heavy atom. The van der Waals surface area contributed by atoms with Crippen LogP contribution in [0.15, 0.2) is 40.3 Å². The van der Waals surface area contributed by atoms with E-state index in [4.69, 9.17) is 16.3 Å². The highest BCUT2D eigenvalue weighted by Crippen LogP contribution is 2.49. The molecule has 0 aliphatic carbocycles. The zero-order chi connectivity index (χ0) is 31.5. The smallest absolute Gasteiger partial charge is 0.379 e. The second-order valence-corrected chi connectivity index (χ2v) is 11.9. The van der Waals surface area contributed by atoms with Gasteiger partial charge in [0.15, 0.2) is 5.83 Å². The van der Waals surface area contributed by atoms with E-state index >= 15 is 4.39 Å². The van der Waals surface area contributed by atoms with Crippen molar-refractivity contribution in [1.29, 1.82) is 0 Å². The van der Waals surface area contributed by atoms with E-state index in [1.54, 1.807) is 18.7 Å². The van der Waals surface area contributed by atoms with Crippen molar-refractivity contribution < 1.29 is 35.9 Å². The number of piperazine rings is 1. The van der Waals surface area contributed by atoms with E-state index in [1.807, 2.05) is 0 Å². The van der Waals surface area contributed by atoms with Crippen molar-refractivity contribution in [1.82, 2.24) is 14.5 Å². The molecule has 5 rings (SSSR count). The van der Waals surface area contributed by atoms with Crippen LogP contribution < -0.4 is 10.6 Å². The van der Waals surface area contributed by atoms with Crippen LogP contribution in [0.3, 0.4) is 0 Å². The summed E-state index contributed by atoms with van der Waals surface area (Å²) in [6, 6.07) is 0.757. The van der Waals surface area contributed by atoms with Gasteiger partial charge in [-0.15, -0.1) is 11.8 Å². The van der Waals surface area contributed by atoms with Gasteiger partial charge >= 0.3 is 11.9 Å². The number of hydrogen-bond acceptors (Lipinski definition) is 6. The van der Waals surface area contributed by atoms with Crippen molar-refractivity contribution in [2.45, 2.75) is 49.7 Å². The lowest BCUT2D eigenvalue weighted by Gasteiger charge is -2.44. The number of rotatable bonds is 4. The zero-order valence-electron chi connectivity index (χ0n) is 23.1. The van der Waals surface area contributed by atoms with Gasteiger partial charge in [-0.3, -0.25) is 9.36 Å². The summed E-state index contributed by atoms with van der Waals surface area (Å²) in [6.45, 7) is 6.31. The summed E-state index contributed by atoms with van der Waals surface area (Å²) in [5.74, 6) is -4.44. The fourth-order valence-electron chi connectivity index (χ4n) is 5.76. The van der Waals surface area contributed by atoms with E-state index in [0.717, 1.165) is 23.9 Å². The molecule has 0 N–H and O–H groups in total. The Balaban J connectivity index is 1.83. The van der Waals surface area contributed by atoms with Crippen LogP contribution in [-0.2, 0) is 22.3 Å². The summed E-state index contributed by atoms with van der Waals surface area (Å²) in [7, 11) is 1.39. The maximum Gasteiger partial charge on any atom is 0.417 e. The minimum Gasteiger partial charge on any atom is -0.379 e. The van der Waals surface area contributed by atoms with Crippen molar-refractivity contribution in [3.05, 3.63) is 63.3 Å². The highest BCUT2D eigenvalue weighted by atomic mass is 35.5. The number of nitrogens with zero attached hydrogens (tertiary/aromatic N) is 4. The maximum atomic E-state index is 15.2. The van der Waals surface area contributed by atoms with Crippen molar-refractivity contribution >= 4 is 46.0 Å². The van der Waals surface area contributed by atoms with E-state index in [1.165, 1.54) is 16.6 Å². The van der Waals surface area contributed by atoms with Crippen LogP contribution in [0, 0.1) is 11.6 Å². The number of aromatic nitrogens is 2. The SMILES string of the molecule is C=C(F)C(=O)N1[C@H](C)CN(c2nc(=O)n3c4c(c(-c5cc(Cl)c(F)cc5F)c(C(F)(F)F)cc24)SC[C@@H](OC)C3)C[C@@H]1C. The molecule has 1 fully saturated rings. The number of carbonyl (C=O) groups is 1. The fraction of sp³-hybridized carbons (Fsp3) is 0.393. The lowest BCUT2D eigenvalue weighted by molar-refractivity contribution is -0.137. The van der Waals surface area contributed by atoms with Gasteiger partial charge in [0.2, 0.25) is 0 Å². The maximum absolute atomic E-state index is 15.2. The molecule has 2 aliphatic rings. The first-order valence-corrected chi connectivity index (χ1v) is 14.4. The average Bonchev–Trinajstić information content (AvgIpc) is 3.12. The molecule has 1 amide bonds. The largest absolute Gasteiger partial charge is 0.417 e. The first-order valence-electron chi connectivity index (χ1n) is 13.0.